The summed E-state index contributed by atoms with van der Waals surface area (Å²) >= 11 is 5.99. The summed E-state index contributed by atoms with van der Waals surface area (Å²) in [5.74, 6) is 0.737. The zero-order valence-corrected chi connectivity index (χ0v) is 10.5. The molecule has 0 amide bonds. The van der Waals surface area contributed by atoms with Gasteiger partial charge in [0.05, 0.1) is 0 Å². The lowest BCUT2D eigenvalue weighted by Gasteiger charge is -2.20. The van der Waals surface area contributed by atoms with Gasteiger partial charge in [-0.3, -0.25) is 0 Å². The first-order valence-corrected chi connectivity index (χ1v) is 5.97. The Morgan fingerprint density at radius 2 is 2.13 bits per heavy atom. The van der Waals surface area contributed by atoms with Crippen molar-refractivity contribution in [1.82, 2.24) is 5.32 Å². The van der Waals surface area contributed by atoms with Crippen LogP contribution < -0.4 is 5.32 Å². The minimum atomic E-state index is 0.415. The summed E-state index contributed by atoms with van der Waals surface area (Å²) in [4.78, 5) is 0. The van der Waals surface area contributed by atoms with Crippen molar-refractivity contribution in [3.8, 4) is 0 Å². The molecule has 0 aromatic heterocycles. The molecule has 1 rings (SSSR count). The van der Waals surface area contributed by atoms with Crippen molar-refractivity contribution < 1.29 is 0 Å². The van der Waals surface area contributed by atoms with Crippen molar-refractivity contribution >= 4 is 11.6 Å². The van der Waals surface area contributed by atoms with E-state index in [1.807, 2.05) is 25.2 Å². The number of halogens is 1. The van der Waals surface area contributed by atoms with E-state index >= 15 is 0 Å². The van der Waals surface area contributed by atoms with Gasteiger partial charge in [0.1, 0.15) is 0 Å². The zero-order chi connectivity index (χ0) is 11.3. The molecule has 15 heavy (non-hydrogen) atoms. The molecule has 0 aliphatic heterocycles. The fourth-order valence-electron chi connectivity index (χ4n) is 1.71. The van der Waals surface area contributed by atoms with Crippen LogP contribution in [-0.4, -0.2) is 7.05 Å². The van der Waals surface area contributed by atoms with Crippen molar-refractivity contribution in [2.75, 3.05) is 7.05 Å². The van der Waals surface area contributed by atoms with E-state index in [1.165, 1.54) is 12.0 Å². The Morgan fingerprint density at radius 1 is 1.40 bits per heavy atom. The van der Waals surface area contributed by atoms with Crippen LogP contribution in [0.15, 0.2) is 24.3 Å². The van der Waals surface area contributed by atoms with Crippen LogP contribution in [0.5, 0.6) is 0 Å². The van der Waals surface area contributed by atoms with Crippen LogP contribution >= 0.6 is 11.6 Å². The van der Waals surface area contributed by atoms with Crippen LogP contribution in [0.2, 0.25) is 5.02 Å². The Hall–Kier alpha value is -0.530. The lowest BCUT2D eigenvalue weighted by Crippen LogP contribution is -2.18. The SMILES string of the molecule is CCC(C)CC(NC)c1cccc(Cl)c1. The number of hydrogen-bond acceptors (Lipinski definition) is 1. The van der Waals surface area contributed by atoms with E-state index in [1.54, 1.807) is 0 Å². The summed E-state index contributed by atoms with van der Waals surface area (Å²) < 4.78 is 0. The fourth-order valence-corrected chi connectivity index (χ4v) is 1.91. The highest BCUT2D eigenvalue weighted by molar-refractivity contribution is 6.30. The minimum Gasteiger partial charge on any atom is -0.313 e. The monoisotopic (exact) mass is 225 g/mol. The number of rotatable bonds is 5. The Kier molecular flexibility index (Phi) is 5.13. The zero-order valence-electron chi connectivity index (χ0n) is 9.76. The van der Waals surface area contributed by atoms with E-state index in [-0.39, 0.29) is 0 Å². The molecule has 1 N–H and O–H groups in total. The second-order valence-corrected chi connectivity index (χ2v) is 4.58. The molecular weight excluding hydrogens is 206 g/mol. The molecule has 1 aromatic carbocycles. The van der Waals surface area contributed by atoms with Gasteiger partial charge in [0.15, 0.2) is 0 Å². The van der Waals surface area contributed by atoms with Gasteiger partial charge in [-0.2, -0.15) is 0 Å². The smallest absolute Gasteiger partial charge is 0.0409 e. The number of benzene rings is 1. The lowest BCUT2D eigenvalue weighted by atomic mass is 9.94. The molecule has 2 atom stereocenters. The fraction of sp³-hybridized carbons (Fsp3) is 0.538. The topological polar surface area (TPSA) is 12.0 Å². The molecule has 0 saturated carbocycles. The molecule has 0 spiro atoms. The average molecular weight is 226 g/mol. The van der Waals surface area contributed by atoms with Crippen LogP contribution in [0.1, 0.15) is 38.3 Å². The summed E-state index contributed by atoms with van der Waals surface area (Å²) in [5.41, 5.74) is 1.28. The molecule has 0 aliphatic rings. The molecule has 2 heteroatoms. The van der Waals surface area contributed by atoms with Crippen molar-refractivity contribution in [2.24, 2.45) is 5.92 Å². The van der Waals surface area contributed by atoms with Gasteiger partial charge in [0, 0.05) is 11.1 Å². The van der Waals surface area contributed by atoms with Crippen LogP contribution in [0.4, 0.5) is 0 Å². The molecule has 1 nitrogen and oxygen atoms in total. The van der Waals surface area contributed by atoms with Crippen LogP contribution in [0.25, 0.3) is 0 Å². The predicted molar refractivity (Wildman–Crippen MR) is 67.3 cm³/mol. The van der Waals surface area contributed by atoms with Crippen LogP contribution in [0, 0.1) is 5.92 Å². The number of nitrogens with one attached hydrogen (secondary N) is 1. The lowest BCUT2D eigenvalue weighted by molar-refractivity contribution is 0.422. The molecule has 0 aliphatic carbocycles. The third-order valence-corrected chi connectivity index (χ3v) is 3.17. The standard InChI is InChI=1S/C13H20ClN/c1-4-10(2)8-13(15-3)11-6-5-7-12(14)9-11/h5-7,9-10,13,15H,4,8H2,1-3H3. The largest absolute Gasteiger partial charge is 0.313 e. The summed E-state index contributed by atoms with van der Waals surface area (Å²) in [6.07, 6.45) is 2.38. The van der Waals surface area contributed by atoms with Gasteiger partial charge in [-0.15, -0.1) is 0 Å². The van der Waals surface area contributed by atoms with E-state index in [0.717, 1.165) is 17.4 Å². The molecular formula is C13H20ClN. The van der Waals surface area contributed by atoms with Crippen LogP contribution in [-0.2, 0) is 0 Å². The quantitative estimate of drug-likeness (QED) is 0.798. The summed E-state index contributed by atoms with van der Waals surface area (Å²) in [6.45, 7) is 4.52. The molecule has 0 fully saturated rings. The Bertz CT molecular complexity index is 298. The third-order valence-electron chi connectivity index (χ3n) is 2.93. The summed E-state index contributed by atoms with van der Waals surface area (Å²) in [5, 5.41) is 4.17. The molecule has 0 saturated heterocycles. The third kappa shape index (κ3) is 3.84. The molecule has 0 heterocycles. The first-order chi connectivity index (χ1) is 7.17. The van der Waals surface area contributed by atoms with Crippen LogP contribution in [0.3, 0.4) is 0 Å². The van der Waals surface area contributed by atoms with Gasteiger partial charge < -0.3 is 5.32 Å². The van der Waals surface area contributed by atoms with E-state index in [0.29, 0.717) is 6.04 Å². The molecule has 0 bridgehead atoms. The summed E-state index contributed by atoms with van der Waals surface area (Å²) in [6, 6.07) is 8.53. The minimum absolute atomic E-state index is 0.415. The predicted octanol–water partition coefficient (Wildman–Crippen LogP) is 4.04. The molecule has 84 valence electrons. The second kappa shape index (κ2) is 6.14. The van der Waals surface area contributed by atoms with E-state index in [4.69, 9.17) is 11.6 Å². The summed E-state index contributed by atoms with van der Waals surface area (Å²) in [7, 11) is 2.01. The first-order valence-electron chi connectivity index (χ1n) is 5.60. The Labute approximate surface area is 97.8 Å². The normalized spacial score (nSPS) is 14.9. The highest BCUT2D eigenvalue weighted by Crippen LogP contribution is 2.24. The molecule has 0 radical (unpaired) electrons. The van der Waals surface area contributed by atoms with Crippen molar-refractivity contribution in [1.29, 1.82) is 0 Å². The van der Waals surface area contributed by atoms with E-state index < -0.39 is 0 Å². The van der Waals surface area contributed by atoms with Crippen molar-refractivity contribution in [2.45, 2.75) is 32.7 Å². The maximum Gasteiger partial charge on any atom is 0.0409 e. The van der Waals surface area contributed by atoms with Gasteiger partial charge in [-0.25, -0.2) is 0 Å². The first kappa shape index (κ1) is 12.5. The maximum absolute atomic E-state index is 5.99. The van der Waals surface area contributed by atoms with Gasteiger partial charge in [-0.1, -0.05) is 44.0 Å². The molecule has 1 aromatic rings. The van der Waals surface area contributed by atoms with Gasteiger partial charge in [0.2, 0.25) is 0 Å². The highest BCUT2D eigenvalue weighted by Gasteiger charge is 2.12. The molecule has 2 unspecified atom stereocenters. The van der Waals surface area contributed by atoms with E-state index in [2.05, 4.69) is 25.2 Å². The maximum atomic E-state index is 5.99. The Morgan fingerprint density at radius 3 is 2.67 bits per heavy atom. The average Bonchev–Trinajstić information content (AvgIpc) is 2.25. The van der Waals surface area contributed by atoms with E-state index in [9.17, 15) is 0 Å². The van der Waals surface area contributed by atoms with Crippen molar-refractivity contribution in [3.63, 3.8) is 0 Å². The number of hydrogen-bond donors (Lipinski definition) is 1. The highest BCUT2D eigenvalue weighted by atomic mass is 35.5. The van der Waals surface area contributed by atoms with Gasteiger partial charge in [0.25, 0.3) is 0 Å². The van der Waals surface area contributed by atoms with Crippen molar-refractivity contribution in [3.05, 3.63) is 34.9 Å². The Balaban J connectivity index is 2.73. The second-order valence-electron chi connectivity index (χ2n) is 4.15. The van der Waals surface area contributed by atoms with Gasteiger partial charge in [-0.05, 0) is 37.1 Å². The van der Waals surface area contributed by atoms with Gasteiger partial charge >= 0.3 is 0 Å².